The molecule has 1 saturated heterocycles. The number of ether oxygens (including phenoxy) is 2. The van der Waals surface area contributed by atoms with E-state index in [1.54, 1.807) is 20.1 Å². The molecule has 0 unspecified atom stereocenters. The van der Waals surface area contributed by atoms with Crippen LogP contribution in [-0.2, 0) is 9.53 Å². The van der Waals surface area contributed by atoms with Crippen molar-refractivity contribution in [1.29, 1.82) is 0 Å². The Hall–Kier alpha value is -3.43. The highest BCUT2D eigenvalue weighted by Crippen LogP contribution is 2.36. The summed E-state index contributed by atoms with van der Waals surface area (Å²) >= 11 is 0. The number of methoxy groups -OCH3 is 1. The SMILES string of the molecule is CCOC(=O)C1CCN(c2ncnc(Nc3cc(C)cc(OC)c3)c2[N+](=O)[O-])CC1. The minimum absolute atomic E-state index is 0.102. The first-order chi connectivity index (χ1) is 14.4. The van der Waals surface area contributed by atoms with Crippen LogP contribution in [0.2, 0.25) is 0 Å². The summed E-state index contributed by atoms with van der Waals surface area (Å²) in [7, 11) is 1.56. The Balaban J connectivity index is 1.85. The number of carbonyl (C=O) groups is 1. The summed E-state index contributed by atoms with van der Waals surface area (Å²) in [6, 6.07) is 5.45. The fourth-order valence-corrected chi connectivity index (χ4v) is 3.52. The molecule has 10 heteroatoms. The lowest BCUT2D eigenvalue weighted by Gasteiger charge is -2.31. The standard InChI is InChI=1S/C20H25N5O5/c1-4-30-20(26)14-5-7-24(8-6-14)19-17(25(27)28)18(21-12-22-19)23-15-9-13(2)10-16(11-15)29-3/h9-12,14H,4-8H2,1-3H3,(H,21,22,23). The van der Waals surface area contributed by atoms with Crippen molar-refractivity contribution in [3.63, 3.8) is 0 Å². The molecule has 1 aromatic carbocycles. The van der Waals surface area contributed by atoms with Gasteiger partial charge in [-0.2, -0.15) is 0 Å². The van der Waals surface area contributed by atoms with Crippen LogP contribution in [0.3, 0.4) is 0 Å². The number of carbonyl (C=O) groups excluding carboxylic acids is 1. The maximum atomic E-state index is 12.0. The first-order valence-corrected chi connectivity index (χ1v) is 9.76. The Morgan fingerprint density at radius 2 is 2.03 bits per heavy atom. The van der Waals surface area contributed by atoms with E-state index in [0.29, 0.717) is 44.0 Å². The molecule has 0 aliphatic carbocycles. The minimum Gasteiger partial charge on any atom is -0.497 e. The van der Waals surface area contributed by atoms with Gasteiger partial charge in [-0.25, -0.2) is 9.97 Å². The second-order valence-electron chi connectivity index (χ2n) is 7.03. The highest BCUT2D eigenvalue weighted by Gasteiger charge is 2.32. The molecule has 1 aliphatic rings. The molecule has 0 spiro atoms. The quantitative estimate of drug-likeness (QED) is 0.413. The highest BCUT2D eigenvalue weighted by molar-refractivity contribution is 5.76. The van der Waals surface area contributed by atoms with Gasteiger partial charge >= 0.3 is 11.7 Å². The fourth-order valence-electron chi connectivity index (χ4n) is 3.52. The van der Waals surface area contributed by atoms with E-state index in [2.05, 4.69) is 15.3 Å². The smallest absolute Gasteiger partial charge is 0.353 e. The van der Waals surface area contributed by atoms with Gasteiger partial charge in [-0.3, -0.25) is 14.9 Å². The highest BCUT2D eigenvalue weighted by atomic mass is 16.6. The number of aryl methyl sites for hydroxylation is 1. The van der Waals surface area contributed by atoms with Crippen LogP contribution in [0.4, 0.5) is 23.0 Å². The molecule has 0 amide bonds. The van der Waals surface area contributed by atoms with Crippen molar-refractivity contribution >= 4 is 29.0 Å². The largest absolute Gasteiger partial charge is 0.497 e. The van der Waals surface area contributed by atoms with Crippen LogP contribution in [0.15, 0.2) is 24.5 Å². The average Bonchev–Trinajstić information content (AvgIpc) is 2.73. The molecule has 0 bridgehead atoms. The monoisotopic (exact) mass is 415 g/mol. The molecule has 160 valence electrons. The Morgan fingerprint density at radius 3 is 2.67 bits per heavy atom. The molecule has 0 saturated carbocycles. The maximum Gasteiger partial charge on any atom is 0.353 e. The molecule has 1 aromatic heterocycles. The van der Waals surface area contributed by atoms with E-state index in [4.69, 9.17) is 9.47 Å². The third kappa shape index (κ3) is 4.76. The van der Waals surface area contributed by atoms with Gasteiger partial charge in [-0.1, -0.05) is 0 Å². The van der Waals surface area contributed by atoms with Crippen LogP contribution in [0.5, 0.6) is 5.75 Å². The lowest BCUT2D eigenvalue weighted by molar-refractivity contribution is -0.383. The molecule has 30 heavy (non-hydrogen) atoms. The summed E-state index contributed by atoms with van der Waals surface area (Å²) in [5, 5.41) is 14.9. The van der Waals surface area contributed by atoms with Gasteiger partial charge in [0, 0.05) is 24.8 Å². The Morgan fingerprint density at radius 1 is 1.30 bits per heavy atom. The Labute approximate surface area is 174 Å². The number of esters is 1. The second-order valence-corrected chi connectivity index (χ2v) is 7.03. The molecule has 2 aromatic rings. The van der Waals surface area contributed by atoms with E-state index in [0.717, 1.165) is 5.56 Å². The van der Waals surface area contributed by atoms with E-state index in [9.17, 15) is 14.9 Å². The van der Waals surface area contributed by atoms with Crippen molar-refractivity contribution in [3.8, 4) is 5.75 Å². The molecular formula is C20H25N5O5. The van der Waals surface area contributed by atoms with Crippen molar-refractivity contribution < 1.29 is 19.2 Å². The first-order valence-electron chi connectivity index (χ1n) is 9.76. The maximum absolute atomic E-state index is 12.0. The molecule has 3 rings (SSSR count). The summed E-state index contributed by atoms with van der Waals surface area (Å²) in [6.07, 6.45) is 2.41. The summed E-state index contributed by atoms with van der Waals surface area (Å²) < 4.78 is 10.4. The van der Waals surface area contributed by atoms with Crippen molar-refractivity contribution in [1.82, 2.24) is 9.97 Å². The minimum atomic E-state index is -0.484. The van der Waals surface area contributed by atoms with Crippen LogP contribution in [-0.4, -0.2) is 47.7 Å². The zero-order valence-corrected chi connectivity index (χ0v) is 17.3. The van der Waals surface area contributed by atoms with Crippen LogP contribution in [0.25, 0.3) is 0 Å². The van der Waals surface area contributed by atoms with Gasteiger partial charge in [-0.15, -0.1) is 0 Å². The number of nitro groups is 1. The van der Waals surface area contributed by atoms with E-state index < -0.39 is 4.92 Å². The zero-order chi connectivity index (χ0) is 21.7. The van der Waals surface area contributed by atoms with E-state index in [1.165, 1.54) is 6.33 Å². The number of piperidine rings is 1. The average molecular weight is 415 g/mol. The van der Waals surface area contributed by atoms with Gasteiger partial charge in [-0.05, 0) is 44.4 Å². The van der Waals surface area contributed by atoms with Gasteiger partial charge in [0.25, 0.3) is 0 Å². The molecule has 10 nitrogen and oxygen atoms in total. The molecule has 0 radical (unpaired) electrons. The van der Waals surface area contributed by atoms with Gasteiger partial charge in [0.05, 0.1) is 24.6 Å². The number of benzene rings is 1. The van der Waals surface area contributed by atoms with Crippen LogP contribution < -0.4 is 15.0 Å². The van der Waals surface area contributed by atoms with Gasteiger partial charge < -0.3 is 19.7 Å². The fraction of sp³-hybridized carbons (Fsp3) is 0.450. The van der Waals surface area contributed by atoms with Crippen molar-refractivity contribution in [2.24, 2.45) is 5.92 Å². The van der Waals surface area contributed by atoms with Crippen LogP contribution in [0.1, 0.15) is 25.3 Å². The summed E-state index contributed by atoms with van der Waals surface area (Å²) in [5.41, 5.74) is 1.36. The molecule has 2 heterocycles. The Bertz CT molecular complexity index is 928. The zero-order valence-electron chi connectivity index (χ0n) is 17.3. The third-order valence-corrected chi connectivity index (χ3v) is 4.95. The van der Waals surface area contributed by atoms with E-state index in [-0.39, 0.29) is 29.2 Å². The lowest BCUT2D eigenvalue weighted by atomic mass is 9.97. The van der Waals surface area contributed by atoms with E-state index in [1.807, 2.05) is 24.0 Å². The number of nitrogens with zero attached hydrogens (tertiary/aromatic N) is 4. The van der Waals surface area contributed by atoms with Crippen molar-refractivity contribution in [2.75, 3.05) is 37.0 Å². The summed E-state index contributed by atoms with van der Waals surface area (Å²) in [5.74, 6) is 0.560. The number of hydrogen-bond acceptors (Lipinski definition) is 9. The van der Waals surface area contributed by atoms with Crippen molar-refractivity contribution in [3.05, 3.63) is 40.2 Å². The third-order valence-electron chi connectivity index (χ3n) is 4.95. The summed E-state index contributed by atoms with van der Waals surface area (Å²) in [6.45, 7) is 4.96. The molecule has 1 N–H and O–H groups in total. The van der Waals surface area contributed by atoms with E-state index >= 15 is 0 Å². The molecule has 1 aliphatic heterocycles. The first kappa shape index (κ1) is 21.3. The van der Waals surface area contributed by atoms with Gasteiger partial charge in [0.2, 0.25) is 11.6 Å². The summed E-state index contributed by atoms with van der Waals surface area (Å²) in [4.78, 5) is 33.4. The number of hydrogen-bond donors (Lipinski definition) is 1. The normalized spacial score (nSPS) is 14.3. The number of anilines is 3. The predicted octanol–water partition coefficient (Wildman–Crippen LogP) is 3.22. The molecule has 0 atom stereocenters. The topological polar surface area (TPSA) is 120 Å². The van der Waals surface area contributed by atoms with Crippen LogP contribution >= 0.6 is 0 Å². The number of aromatic nitrogens is 2. The van der Waals surface area contributed by atoms with Gasteiger partial charge in [0.15, 0.2) is 0 Å². The number of nitrogens with one attached hydrogen (secondary N) is 1. The second kappa shape index (κ2) is 9.38. The van der Waals surface area contributed by atoms with Gasteiger partial charge in [0.1, 0.15) is 12.1 Å². The molecule has 1 fully saturated rings. The Kier molecular flexibility index (Phi) is 6.65. The lowest BCUT2D eigenvalue weighted by Crippen LogP contribution is -2.37. The van der Waals surface area contributed by atoms with Crippen molar-refractivity contribution in [2.45, 2.75) is 26.7 Å². The predicted molar refractivity (Wildman–Crippen MR) is 111 cm³/mol. The van der Waals surface area contributed by atoms with Crippen LogP contribution in [0, 0.1) is 23.0 Å². The molecular weight excluding hydrogens is 390 g/mol. The number of rotatable bonds is 7.